The molecule has 29 heavy (non-hydrogen) atoms. The van der Waals surface area contributed by atoms with Crippen LogP contribution in [0, 0.1) is 10.1 Å². The van der Waals surface area contributed by atoms with Crippen LogP contribution in [0.25, 0.3) is 0 Å². The minimum absolute atomic E-state index is 0.0482. The maximum atomic E-state index is 11.3. The van der Waals surface area contributed by atoms with Gasteiger partial charge in [-0.1, -0.05) is 12.1 Å². The van der Waals surface area contributed by atoms with Gasteiger partial charge in [0.05, 0.1) is 12.0 Å². The van der Waals surface area contributed by atoms with Gasteiger partial charge in [-0.3, -0.25) is 15.0 Å². The third-order valence-electron chi connectivity index (χ3n) is 5.13. The maximum Gasteiger partial charge on any atom is 0.311 e. The Morgan fingerprint density at radius 2 is 2.14 bits per heavy atom. The number of nitro groups is 1. The molecule has 2 aromatic rings. The summed E-state index contributed by atoms with van der Waals surface area (Å²) in [5.74, 6) is 2.13. The van der Waals surface area contributed by atoms with E-state index in [1.165, 1.54) is 19.2 Å². The SMILES string of the molecule is COc1ccc([N+](=O)[O-])c(N[C@H]2CCCN(C[C@H]3COc4ccccc4O3)C2)n1. The number of likely N-dealkylation sites (tertiary alicyclic amines) is 1. The van der Waals surface area contributed by atoms with E-state index in [0.717, 1.165) is 44.0 Å². The number of benzene rings is 1. The highest BCUT2D eigenvalue weighted by molar-refractivity contribution is 5.57. The van der Waals surface area contributed by atoms with Crippen LogP contribution in [0.2, 0.25) is 0 Å². The number of pyridine rings is 1. The van der Waals surface area contributed by atoms with Gasteiger partial charge in [0.15, 0.2) is 11.5 Å². The molecular weight excluding hydrogens is 376 g/mol. The molecule has 0 radical (unpaired) electrons. The lowest BCUT2D eigenvalue weighted by atomic mass is 10.0. The fourth-order valence-corrected chi connectivity index (χ4v) is 3.77. The molecule has 1 fully saturated rings. The van der Waals surface area contributed by atoms with Crippen LogP contribution in [0.5, 0.6) is 17.4 Å². The van der Waals surface area contributed by atoms with Crippen LogP contribution in [-0.4, -0.2) is 60.3 Å². The molecule has 9 nitrogen and oxygen atoms in total. The van der Waals surface area contributed by atoms with E-state index < -0.39 is 4.92 Å². The monoisotopic (exact) mass is 400 g/mol. The second-order valence-corrected chi connectivity index (χ2v) is 7.22. The van der Waals surface area contributed by atoms with Crippen molar-refractivity contribution in [3.05, 3.63) is 46.5 Å². The number of methoxy groups -OCH3 is 1. The minimum Gasteiger partial charge on any atom is -0.486 e. The van der Waals surface area contributed by atoms with Gasteiger partial charge in [-0.2, -0.15) is 4.98 Å². The van der Waals surface area contributed by atoms with Crippen molar-refractivity contribution >= 4 is 11.5 Å². The zero-order valence-corrected chi connectivity index (χ0v) is 16.2. The number of rotatable bonds is 6. The summed E-state index contributed by atoms with van der Waals surface area (Å²) in [4.78, 5) is 17.4. The van der Waals surface area contributed by atoms with Gasteiger partial charge in [-0.25, -0.2) is 0 Å². The van der Waals surface area contributed by atoms with E-state index in [4.69, 9.17) is 14.2 Å². The number of fused-ring (bicyclic) bond motifs is 1. The first-order chi connectivity index (χ1) is 14.1. The number of hydrogen-bond donors (Lipinski definition) is 1. The quantitative estimate of drug-likeness (QED) is 0.584. The molecule has 1 N–H and O–H groups in total. The largest absolute Gasteiger partial charge is 0.486 e. The summed E-state index contributed by atoms with van der Waals surface area (Å²) in [6.07, 6.45) is 1.85. The Bertz CT molecular complexity index is 878. The molecule has 0 amide bonds. The number of hydrogen-bond acceptors (Lipinski definition) is 8. The molecule has 3 heterocycles. The van der Waals surface area contributed by atoms with E-state index in [9.17, 15) is 10.1 Å². The molecule has 4 rings (SSSR count). The zero-order valence-electron chi connectivity index (χ0n) is 16.2. The van der Waals surface area contributed by atoms with E-state index in [-0.39, 0.29) is 23.7 Å². The van der Waals surface area contributed by atoms with Crippen LogP contribution in [0.1, 0.15) is 12.8 Å². The summed E-state index contributed by atoms with van der Waals surface area (Å²) in [6, 6.07) is 10.6. The van der Waals surface area contributed by atoms with Gasteiger partial charge in [0.2, 0.25) is 11.7 Å². The van der Waals surface area contributed by atoms with Gasteiger partial charge < -0.3 is 19.5 Å². The van der Waals surface area contributed by atoms with Gasteiger partial charge in [-0.15, -0.1) is 0 Å². The molecule has 1 saturated heterocycles. The fraction of sp³-hybridized carbons (Fsp3) is 0.450. The van der Waals surface area contributed by atoms with Crippen LogP contribution in [-0.2, 0) is 0 Å². The van der Waals surface area contributed by atoms with E-state index in [2.05, 4.69) is 15.2 Å². The maximum absolute atomic E-state index is 11.3. The van der Waals surface area contributed by atoms with E-state index in [1.54, 1.807) is 0 Å². The highest BCUT2D eigenvalue weighted by atomic mass is 16.6. The number of nitrogens with one attached hydrogen (secondary N) is 1. The van der Waals surface area contributed by atoms with Crippen LogP contribution in [0.3, 0.4) is 0 Å². The normalized spacial score (nSPS) is 21.4. The van der Waals surface area contributed by atoms with Crippen molar-refractivity contribution < 1.29 is 19.1 Å². The van der Waals surface area contributed by atoms with Crippen molar-refractivity contribution in [1.29, 1.82) is 0 Å². The molecular formula is C20H24N4O5. The Morgan fingerprint density at radius 1 is 1.31 bits per heavy atom. The smallest absolute Gasteiger partial charge is 0.311 e. The van der Waals surface area contributed by atoms with Crippen LogP contribution in [0.15, 0.2) is 36.4 Å². The van der Waals surface area contributed by atoms with Crippen molar-refractivity contribution in [3.63, 3.8) is 0 Å². The predicted molar refractivity (Wildman–Crippen MR) is 107 cm³/mol. The number of aromatic nitrogens is 1. The third kappa shape index (κ3) is 4.51. The first kappa shape index (κ1) is 19.3. The van der Waals surface area contributed by atoms with Gasteiger partial charge in [-0.05, 0) is 31.5 Å². The summed E-state index contributed by atoms with van der Waals surface area (Å²) >= 11 is 0. The molecule has 9 heteroatoms. The van der Waals surface area contributed by atoms with Crippen molar-refractivity contribution in [1.82, 2.24) is 9.88 Å². The summed E-state index contributed by atoms with van der Waals surface area (Å²) in [7, 11) is 1.49. The summed E-state index contributed by atoms with van der Waals surface area (Å²) in [6.45, 7) is 2.94. The number of nitrogens with zero attached hydrogens (tertiary/aromatic N) is 3. The average molecular weight is 400 g/mol. The van der Waals surface area contributed by atoms with Crippen molar-refractivity contribution in [3.8, 4) is 17.4 Å². The Morgan fingerprint density at radius 3 is 2.93 bits per heavy atom. The van der Waals surface area contributed by atoms with Gasteiger partial charge in [0, 0.05) is 31.3 Å². The van der Waals surface area contributed by atoms with Crippen LogP contribution >= 0.6 is 0 Å². The molecule has 1 aromatic heterocycles. The van der Waals surface area contributed by atoms with Crippen molar-refractivity contribution in [2.75, 3.05) is 38.7 Å². The van der Waals surface area contributed by atoms with E-state index >= 15 is 0 Å². The second-order valence-electron chi connectivity index (χ2n) is 7.22. The zero-order chi connectivity index (χ0) is 20.2. The van der Waals surface area contributed by atoms with Crippen molar-refractivity contribution in [2.24, 2.45) is 0 Å². The molecule has 0 unspecified atom stereocenters. The predicted octanol–water partition coefficient (Wildman–Crippen LogP) is 2.71. The lowest BCUT2D eigenvalue weighted by molar-refractivity contribution is -0.384. The molecule has 2 aliphatic rings. The molecule has 0 aliphatic carbocycles. The molecule has 0 bridgehead atoms. The van der Waals surface area contributed by atoms with Crippen molar-refractivity contribution in [2.45, 2.75) is 25.0 Å². The Labute approximate surface area is 168 Å². The highest BCUT2D eigenvalue weighted by Gasteiger charge is 2.28. The Kier molecular flexibility index (Phi) is 5.66. The van der Waals surface area contributed by atoms with Gasteiger partial charge in [0.25, 0.3) is 0 Å². The Balaban J connectivity index is 1.39. The van der Waals surface area contributed by atoms with Crippen LogP contribution < -0.4 is 19.5 Å². The number of ether oxygens (including phenoxy) is 3. The molecule has 154 valence electrons. The summed E-state index contributed by atoms with van der Waals surface area (Å²) < 4.78 is 17.0. The standard InChI is InChI=1S/C20H24N4O5/c1-27-19-9-8-16(24(25)26)20(22-19)21-14-5-4-10-23(11-14)12-15-13-28-17-6-2-3-7-18(17)29-15/h2-3,6-9,14-15H,4-5,10-13H2,1H3,(H,21,22)/t14-,15-/m0/s1. The topological polar surface area (TPSA) is 99.0 Å². The number of anilines is 1. The number of para-hydroxylation sites is 2. The first-order valence-corrected chi connectivity index (χ1v) is 9.69. The fourth-order valence-electron chi connectivity index (χ4n) is 3.77. The molecule has 2 aliphatic heterocycles. The average Bonchev–Trinajstić information content (AvgIpc) is 2.73. The third-order valence-corrected chi connectivity index (χ3v) is 5.13. The molecule has 1 aromatic carbocycles. The highest BCUT2D eigenvalue weighted by Crippen LogP contribution is 2.31. The lowest BCUT2D eigenvalue weighted by Gasteiger charge is -2.36. The number of piperidine rings is 1. The first-order valence-electron chi connectivity index (χ1n) is 9.69. The minimum atomic E-state index is -0.431. The van der Waals surface area contributed by atoms with E-state index in [1.807, 2.05) is 24.3 Å². The van der Waals surface area contributed by atoms with Crippen LogP contribution in [0.4, 0.5) is 11.5 Å². The lowest BCUT2D eigenvalue weighted by Crippen LogP contribution is -2.48. The summed E-state index contributed by atoms with van der Waals surface area (Å²) in [5, 5.41) is 14.6. The molecule has 0 spiro atoms. The Hall–Kier alpha value is -3.07. The van der Waals surface area contributed by atoms with Gasteiger partial charge in [0.1, 0.15) is 12.7 Å². The summed E-state index contributed by atoms with van der Waals surface area (Å²) in [5.41, 5.74) is -0.0523. The van der Waals surface area contributed by atoms with Gasteiger partial charge >= 0.3 is 5.69 Å². The van der Waals surface area contributed by atoms with E-state index in [0.29, 0.717) is 12.5 Å². The second kappa shape index (κ2) is 8.52. The molecule has 2 atom stereocenters. The molecule has 0 saturated carbocycles.